The van der Waals surface area contributed by atoms with Gasteiger partial charge in [0.15, 0.2) is 0 Å². The molecular weight excluding hydrogens is 430 g/mol. The van der Waals surface area contributed by atoms with E-state index in [0.29, 0.717) is 23.7 Å². The SMILES string of the molecule is Cc1cc2oc3ncccc3c2cc1N1C(c2ccccc2)N(c2ccccc2)C(C(C)C)[C@@H]1C. The van der Waals surface area contributed by atoms with Crippen molar-refractivity contribution in [3.05, 3.63) is 102 Å². The van der Waals surface area contributed by atoms with Crippen molar-refractivity contribution >= 4 is 33.4 Å². The minimum absolute atomic E-state index is 0.0773. The Balaban J connectivity index is 1.60. The van der Waals surface area contributed by atoms with Crippen molar-refractivity contribution in [2.24, 2.45) is 5.92 Å². The monoisotopic (exact) mass is 461 g/mol. The second-order valence-electron chi connectivity index (χ2n) is 10.0. The maximum absolute atomic E-state index is 6.10. The van der Waals surface area contributed by atoms with Crippen LogP contribution >= 0.6 is 0 Å². The number of hydrogen-bond donors (Lipinski definition) is 0. The van der Waals surface area contributed by atoms with Gasteiger partial charge in [0.2, 0.25) is 5.71 Å². The fourth-order valence-electron chi connectivity index (χ4n) is 6.03. The number of rotatable bonds is 4. The van der Waals surface area contributed by atoms with E-state index in [-0.39, 0.29) is 6.17 Å². The normalized spacial score (nSPS) is 20.4. The number of hydrogen-bond acceptors (Lipinski definition) is 4. The van der Waals surface area contributed by atoms with Gasteiger partial charge in [-0.1, -0.05) is 62.4 Å². The molecule has 3 aromatic carbocycles. The van der Waals surface area contributed by atoms with Crippen LogP contribution < -0.4 is 9.80 Å². The van der Waals surface area contributed by atoms with Crippen molar-refractivity contribution in [1.29, 1.82) is 0 Å². The number of pyridine rings is 1. The van der Waals surface area contributed by atoms with E-state index in [9.17, 15) is 0 Å². The Labute approximate surface area is 206 Å². The fourth-order valence-corrected chi connectivity index (χ4v) is 6.03. The van der Waals surface area contributed by atoms with Gasteiger partial charge in [0.25, 0.3) is 0 Å². The average Bonchev–Trinajstić information content (AvgIpc) is 3.39. The summed E-state index contributed by atoms with van der Waals surface area (Å²) in [7, 11) is 0. The fraction of sp³-hybridized carbons (Fsp3) is 0.258. The highest BCUT2D eigenvalue weighted by atomic mass is 16.3. The highest BCUT2D eigenvalue weighted by Crippen LogP contribution is 2.47. The molecule has 5 aromatic rings. The molecule has 1 fully saturated rings. The summed E-state index contributed by atoms with van der Waals surface area (Å²) < 4.78 is 6.10. The molecule has 2 aromatic heterocycles. The number of aryl methyl sites for hydroxylation is 1. The van der Waals surface area contributed by atoms with Gasteiger partial charge < -0.3 is 14.2 Å². The third-order valence-electron chi connectivity index (χ3n) is 7.46. The zero-order valence-electron chi connectivity index (χ0n) is 20.7. The Hall–Kier alpha value is -3.79. The number of para-hydroxylation sites is 1. The van der Waals surface area contributed by atoms with Crippen molar-refractivity contribution < 1.29 is 4.42 Å². The van der Waals surface area contributed by atoms with E-state index in [1.807, 2.05) is 6.07 Å². The quantitative estimate of drug-likeness (QED) is 0.274. The maximum Gasteiger partial charge on any atom is 0.227 e. The molecule has 35 heavy (non-hydrogen) atoms. The van der Waals surface area contributed by atoms with E-state index in [2.05, 4.69) is 121 Å². The van der Waals surface area contributed by atoms with Crippen LogP contribution in [0, 0.1) is 12.8 Å². The van der Waals surface area contributed by atoms with Crippen molar-refractivity contribution in [3.8, 4) is 0 Å². The Morgan fingerprint density at radius 3 is 2.26 bits per heavy atom. The summed E-state index contributed by atoms with van der Waals surface area (Å²) in [5, 5.41) is 2.18. The number of furan rings is 1. The van der Waals surface area contributed by atoms with Gasteiger partial charge in [0.1, 0.15) is 11.7 Å². The first kappa shape index (κ1) is 21.7. The van der Waals surface area contributed by atoms with Crippen LogP contribution in [0.15, 0.2) is 95.5 Å². The highest BCUT2D eigenvalue weighted by Gasteiger charge is 2.47. The lowest BCUT2D eigenvalue weighted by Gasteiger charge is -2.36. The van der Waals surface area contributed by atoms with Crippen LogP contribution in [0.5, 0.6) is 0 Å². The van der Waals surface area contributed by atoms with Gasteiger partial charge in [-0.3, -0.25) is 0 Å². The lowest BCUT2D eigenvalue weighted by molar-refractivity contribution is 0.455. The summed E-state index contributed by atoms with van der Waals surface area (Å²) >= 11 is 0. The molecule has 1 aliphatic heterocycles. The molecule has 1 saturated heterocycles. The Bertz CT molecular complexity index is 1480. The Kier molecular flexibility index (Phi) is 5.25. The molecule has 6 rings (SSSR count). The Morgan fingerprint density at radius 2 is 1.54 bits per heavy atom. The van der Waals surface area contributed by atoms with Crippen molar-refractivity contribution in [2.75, 3.05) is 9.80 Å². The summed E-state index contributed by atoms with van der Waals surface area (Å²) in [6.45, 7) is 9.25. The van der Waals surface area contributed by atoms with E-state index in [0.717, 1.165) is 16.4 Å². The topological polar surface area (TPSA) is 32.5 Å². The van der Waals surface area contributed by atoms with Crippen LogP contribution in [-0.2, 0) is 0 Å². The summed E-state index contributed by atoms with van der Waals surface area (Å²) in [6, 6.07) is 31.0. The molecule has 0 saturated carbocycles. The molecule has 0 radical (unpaired) electrons. The minimum Gasteiger partial charge on any atom is -0.438 e. The second-order valence-corrected chi connectivity index (χ2v) is 10.0. The molecule has 3 heterocycles. The molecule has 3 atom stereocenters. The van der Waals surface area contributed by atoms with Crippen LogP contribution in [0.2, 0.25) is 0 Å². The molecule has 0 aliphatic carbocycles. The van der Waals surface area contributed by atoms with Gasteiger partial charge in [-0.25, -0.2) is 4.98 Å². The van der Waals surface area contributed by atoms with E-state index >= 15 is 0 Å². The highest BCUT2D eigenvalue weighted by molar-refractivity contribution is 6.05. The third-order valence-corrected chi connectivity index (χ3v) is 7.46. The summed E-state index contributed by atoms with van der Waals surface area (Å²) in [6.07, 6.45) is 1.87. The molecule has 4 heteroatoms. The Morgan fingerprint density at radius 1 is 0.829 bits per heavy atom. The molecule has 1 aliphatic rings. The first-order valence-electron chi connectivity index (χ1n) is 12.5. The van der Waals surface area contributed by atoms with Gasteiger partial charge in [-0.05, 0) is 67.3 Å². The molecule has 2 unspecified atom stereocenters. The van der Waals surface area contributed by atoms with Gasteiger partial charge in [0, 0.05) is 34.4 Å². The van der Waals surface area contributed by atoms with Crippen LogP contribution in [-0.4, -0.2) is 17.1 Å². The van der Waals surface area contributed by atoms with Crippen LogP contribution in [0.3, 0.4) is 0 Å². The maximum atomic E-state index is 6.10. The zero-order valence-corrected chi connectivity index (χ0v) is 20.7. The van der Waals surface area contributed by atoms with Crippen LogP contribution in [0.4, 0.5) is 11.4 Å². The van der Waals surface area contributed by atoms with E-state index in [1.54, 1.807) is 6.20 Å². The van der Waals surface area contributed by atoms with Gasteiger partial charge in [0.05, 0.1) is 6.04 Å². The predicted molar refractivity (Wildman–Crippen MR) is 145 cm³/mol. The molecular formula is C31H31N3O. The van der Waals surface area contributed by atoms with Crippen molar-refractivity contribution in [1.82, 2.24) is 4.98 Å². The summed E-state index contributed by atoms with van der Waals surface area (Å²) in [4.78, 5) is 9.70. The van der Waals surface area contributed by atoms with Gasteiger partial charge >= 0.3 is 0 Å². The smallest absolute Gasteiger partial charge is 0.227 e. The molecule has 4 nitrogen and oxygen atoms in total. The third kappa shape index (κ3) is 3.47. The number of benzene rings is 3. The number of aromatic nitrogens is 1. The minimum atomic E-state index is 0.0773. The van der Waals surface area contributed by atoms with E-state index in [1.165, 1.54) is 22.5 Å². The van der Waals surface area contributed by atoms with E-state index < -0.39 is 0 Å². The molecule has 0 N–H and O–H groups in total. The standard InChI is InChI=1S/C31H31N3O/c1-20(2)29-22(4)33(27-19-26-25-16-11-17-32-30(25)35-28(26)18-21(27)3)31(23-12-7-5-8-13-23)34(29)24-14-9-6-10-15-24/h5-20,22,29,31H,1-4H3/t22-,29?,31?/m0/s1. The number of anilines is 2. The van der Waals surface area contributed by atoms with Crippen molar-refractivity contribution in [3.63, 3.8) is 0 Å². The van der Waals surface area contributed by atoms with Crippen LogP contribution in [0.1, 0.15) is 38.1 Å². The number of fused-ring (bicyclic) bond motifs is 3. The van der Waals surface area contributed by atoms with E-state index in [4.69, 9.17) is 4.42 Å². The first-order valence-corrected chi connectivity index (χ1v) is 12.5. The van der Waals surface area contributed by atoms with Gasteiger partial charge in [-0.15, -0.1) is 0 Å². The lowest BCUT2D eigenvalue weighted by Crippen LogP contribution is -2.39. The number of nitrogens with zero attached hydrogens (tertiary/aromatic N) is 3. The molecule has 0 bridgehead atoms. The first-order chi connectivity index (χ1) is 17.0. The van der Waals surface area contributed by atoms with Crippen molar-refractivity contribution in [2.45, 2.75) is 45.9 Å². The largest absolute Gasteiger partial charge is 0.438 e. The molecule has 0 amide bonds. The molecule has 0 spiro atoms. The summed E-state index contributed by atoms with van der Waals surface area (Å²) in [5.41, 5.74) is 6.59. The van der Waals surface area contributed by atoms with Crippen LogP contribution in [0.25, 0.3) is 22.1 Å². The second kappa shape index (κ2) is 8.46. The predicted octanol–water partition coefficient (Wildman–Crippen LogP) is 7.73. The lowest BCUT2D eigenvalue weighted by atomic mass is 9.96. The zero-order chi connectivity index (χ0) is 24.1. The van der Waals surface area contributed by atoms with Gasteiger partial charge in [-0.2, -0.15) is 0 Å². The summed E-state index contributed by atoms with van der Waals surface area (Å²) in [5.74, 6) is 0.476. The molecule has 176 valence electrons. The average molecular weight is 462 g/mol.